The second kappa shape index (κ2) is 5.82. The summed E-state index contributed by atoms with van der Waals surface area (Å²) in [5, 5.41) is 10.9. The minimum Gasteiger partial charge on any atom is -0.481 e. The van der Waals surface area contributed by atoms with E-state index in [2.05, 4.69) is 5.32 Å². The van der Waals surface area contributed by atoms with Crippen LogP contribution in [0.2, 0.25) is 0 Å². The van der Waals surface area contributed by atoms with Crippen molar-refractivity contribution in [2.45, 2.75) is 51.3 Å². The lowest BCUT2D eigenvalue weighted by Crippen LogP contribution is -2.40. The molecule has 1 aliphatic carbocycles. The summed E-state index contributed by atoms with van der Waals surface area (Å²) >= 11 is 0. The summed E-state index contributed by atoms with van der Waals surface area (Å²) in [5.41, 5.74) is -0.330. The second-order valence-electron chi connectivity index (χ2n) is 5.40. The van der Waals surface area contributed by atoms with Gasteiger partial charge in [0.25, 0.3) is 0 Å². The van der Waals surface area contributed by atoms with Crippen LogP contribution in [-0.2, 0) is 20.4 Å². The molecule has 1 aliphatic rings. The molecular formula is C12H21NO4S. The fourth-order valence-corrected chi connectivity index (χ4v) is 3.37. The maximum Gasteiger partial charge on any atom is 0.303 e. The van der Waals surface area contributed by atoms with Crippen molar-refractivity contribution < 1.29 is 18.9 Å². The van der Waals surface area contributed by atoms with Crippen molar-refractivity contribution in [3.8, 4) is 0 Å². The van der Waals surface area contributed by atoms with E-state index < -0.39 is 22.0 Å². The fraction of sp³-hybridized carbons (Fsp3) is 0.833. The Morgan fingerprint density at radius 1 is 1.33 bits per heavy atom. The summed E-state index contributed by atoms with van der Waals surface area (Å²) < 4.78 is 12.1. The molecule has 2 N–H and O–H groups in total. The van der Waals surface area contributed by atoms with Crippen LogP contribution in [0.15, 0.2) is 0 Å². The van der Waals surface area contributed by atoms with Crippen LogP contribution in [0.3, 0.4) is 0 Å². The van der Waals surface area contributed by atoms with Crippen molar-refractivity contribution in [3.05, 3.63) is 0 Å². The quantitative estimate of drug-likeness (QED) is 0.723. The Bertz CT molecular complexity index is 363. The molecule has 0 heterocycles. The number of carbonyl (C=O) groups is 2. The average Bonchev–Trinajstić information content (AvgIpc) is 2.94. The number of hydrogen-bond acceptors (Lipinski definition) is 3. The molecule has 0 saturated heterocycles. The van der Waals surface area contributed by atoms with Gasteiger partial charge in [-0.15, -0.1) is 0 Å². The predicted octanol–water partition coefficient (Wildman–Crippen LogP) is 0.903. The average molecular weight is 275 g/mol. The lowest BCUT2D eigenvalue weighted by Gasteiger charge is -2.17. The second-order valence-corrected chi connectivity index (χ2v) is 7.16. The van der Waals surface area contributed by atoms with Crippen LogP contribution in [0.1, 0.15) is 40.0 Å². The summed E-state index contributed by atoms with van der Waals surface area (Å²) in [4.78, 5) is 22.4. The fourth-order valence-electron chi connectivity index (χ4n) is 1.82. The number of carbonyl (C=O) groups excluding carboxylic acids is 1. The van der Waals surface area contributed by atoms with Gasteiger partial charge in [0.1, 0.15) is 5.25 Å². The van der Waals surface area contributed by atoms with Crippen molar-refractivity contribution in [2.24, 2.45) is 5.41 Å². The van der Waals surface area contributed by atoms with Crippen LogP contribution < -0.4 is 5.32 Å². The lowest BCUT2D eigenvalue weighted by molar-refractivity contribution is -0.138. The number of amides is 1. The molecule has 1 saturated carbocycles. The Labute approximate surface area is 110 Å². The van der Waals surface area contributed by atoms with Gasteiger partial charge in [0.2, 0.25) is 5.91 Å². The third-order valence-corrected chi connectivity index (χ3v) is 5.03. The maximum atomic E-state index is 12.1. The van der Waals surface area contributed by atoms with Gasteiger partial charge in [-0.1, -0.05) is 0 Å². The molecule has 0 radical (unpaired) electrons. The molecule has 104 valence electrons. The first-order valence-corrected chi connectivity index (χ1v) is 7.53. The molecule has 0 aromatic rings. The molecule has 18 heavy (non-hydrogen) atoms. The number of aliphatic carboxylic acids is 1. The van der Waals surface area contributed by atoms with Gasteiger partial charge in [-0.05, 0) is 39.0 Å². The van der Waals surface area contributed by atoms with E-state index in [0.717, 1.165) is 12.8 Å². The molecule has 0 aliphatic heterocycles. The normalized spacial score (nSPS) is 20.2. The summed E-state index contributed by atoms with van der Waals surface area (Å²) in [5.74, 6) is -0.773. The third kappa shape index (κ3) is 4.40. The van der Waals surface area contributed by atoms with Gasteiger partial charge >= 0.3 is 5.97 Å². The molecule has 0 aromatic carbocycles. The van der Waals surface area contributed by atoms with Gasteiger partial charge in [-0.25, -0.2) is 0 Å². The van der Waals surface area contributed by atoms with Gasteiger partial charge in [0, 0.05) is 22.6 Å². The van der Waals surface area contributed by atoms with Gasteiger partial charge < -0.3 is 10.4 Å². The summed E-state index contributed by atoms with van der Waals surface area (Å²) in [6.07, 6.45) is 1.64. The monoisotopic (exact) mass is 275 g/mol. The van der Waals surface area contributed by atoms with Gasteiger partial charge in [0.05, 0.1) is 6.42 Å². The molecule has 2 atom stereocenters. The number of carboxylic acid groups (broad SMARTS) is 1. The lowest BCUT2D eigenvalue weighted by atomic mass is 10.1. The topological polar surface area (TPSA) is 83.5 Å². The van der Waals surface area contributed by atoms with E-state index >= 15 is 0 Å². The number of hydrogen-bond donors (Lipinski definition) is 2. The molecule has 6 heteroatoms. The Hall–Kier alpha value is -0.910. The van der Waals surface area contributed by atoms with Crippen molar-refractivity contribution in [1.82, 2.24) is 5.32 Å². The molecule has 2 unspecified atom stereocenters. The largest absolute Gasteiger partial charge is 0.481 e. The van der Waals surface area contributed by atoms with Crippen molar-refractivity contribution in [1.29, 1.82) is 0 Å². The maximum absolute atomic E-state index is 12.1. The standard InChI is InChI=1S/C12H21NO4S/c1-8(2)13-11(16)9(3)18(17)7-12(4-5-12)6-10(14)15/h8-9H,4-7H2,1-3H3,(H,13,16)(H,14,15). The van der Waals surface area contributed by atoms with Crippen molar-refractivity contribution in [3.63, 3.8) is 0 Å². The highest BCUT2D eigenvalue weighted by Gasteiger charge is 2.46. The van der Waals surface area contributed by atoms with Crippen molar-refractivity contribution >= 4 is 22.7 Å². The summed E-state index contributed by atoms with van der Waals surface area (Å²) in [6, 6.07) is 0.0193. The van der Waals surface area contributed by atoms with Crippen molar-refractivity contribution in [2.75, 3.05) is 5.75 Å². The van der Waals surface area contributed by atoms with Gasteiger partial charge in [-0.2, -0.15) is 0 Å². The smallest absolute Gasteiger partial charge is 0.303 e. The molecule has 0 bridgehead atoms. The van der Waals surface area contributed by atoms with Crippen LogP contribution >= 0.6 is 0 Å². The Morgan fingerprint density at radius 2 is 1.89 bits per heavy atom. The predicted molar refractivity (Wildman–Crippen MR) is 69.7 cm³/mol. The van der Waals surface area contributed by atoms with E-state index in [-0.39, 0.29) is 23.8 Å². The van der Waals surface area contributed by atoms with E-state index in [1.807, 2.05) is 13.8 Å². The minimum atomic E-state index is -1.31. The molecular weight excluding hydrogens is 254 g/mol. The van der Waals surface area contributed by atoms with Crippen LogP contribution in [0.25, 0.3) is 0 Å². The van der Waals surface area contributed by atoms with E-state index in [1.54, 1.807) is 6.92 Å². The molecule has 1 fully saturated rings. The van der Waals surface area contributed by atoms with Gasteiger partial charge in [0.15, 0.2) is 0 Å². The first kappa shape index (κ1) is 15.1. The van der Waals surface area contributed by atoms with Crippen LogP contribution in [0.4, 0.5) is 0 Å². The molecule has 1 amide bonds. The minimum absolute atomic E-state index is 0.0193. The highest BCUT2D eigenvalue weighted by molar-refractivity contribution is 7.86. The highest BCUT2D eigenvalue weighted by Crippen LogP contribution is 2.49. The first-order valence-electron chi connectivity index (χ1n) is 6.15. The zero-order valence-electron chi connectivity index (χ0n) is 11.1. The summed E-state index contributed by atoms with van der Waals surface area (Å²) in [7, 11) is -1.31. The SMILES string of the molecule is CC(C)NC(=O)C(C)S(=O)CC1(CC(=O)O)CC1. The third-order valence-electron chi connectivity index (χ3n) is 3.13. The molecule has 0 spiro atoms. The summed E-state index contributed by atoms with van der Waals surface area (Å²) in [6.45, 7) is 5.32. The highest BCUT2D eigenvalue weighted by atomic mass is 32.2. The number of carboxylic acids is 1. The van der Waals surface area contributed by atoms with Crippen LogP contribution in [-0.4, -0.2) is 38.2 Å². The molecule has 1 rings (SSSR count). The first-order chi connectivity index (χ1) is 8.26. The van der Waals surface area contributed by atoms with Crippen LogP contribution in [0, 0.1) is 5.41 Å². The zero-order chi connectivity index (χ0) is 13.9. The molecule has 0 aromatic heterocycles. The van der Waals surface area contributed by atoms with Gasteiger partial charge in [-0.3, -0.25) is 13.8 Å². The zero-order valence-corrected chi connectivity index (χ0v) is 11.9. The van der Waals surface area contributed by atoms with E-state index in [4.69, 9.17) is 5.11 Å². The molecule has 5 nitrogen and oxygen atoms in total. The number of nitrogens with one attached hydrogen (secondary N) is 1. The van der Waals surface area contributed by atoms with Crippen LogP contribution in [0.5, 0.6) is 0 Å². The van der Waals surface area contributed by atoms with E-state index in [0.29, 0.717) is 5.75 Å². The Morgan fingerprint density at radius 3 is 2.28 bits per heavy atom. The number of rotatable bonds is 7. The Kier molecular flexibility index (Phi) is 4.90. The van der Waals surface area contributed by atoms with E-state index in [9.17, 15) is 13.8 Å². The van der Waals surface area contributed by atoms with E-state index in [1.165, 1.54) is 0 Å². The Balaban J connectivity index is 2.50.